The number of anilines is 1. The largest absolute Gasteiger partial charge is 0.345 e. The Labute approximate surface area is 200 Å². The molecule has 2 heterocycles. The van der Waals surface area contributed by atoms with Gasteiger partial charge in [0.1, 0.15) is 10.7 Å². The van der Waals surface area contributed by atoms with Gasteiger partial charge < -0.3 is 4.90 Å². The molecule has 1 fully saturated rings. The summed E-state index contributed by atoms with van der Waals surface area (Å²) < 4.78 is 55.1. The summed E-state index contributed by atoms with van der Waals surface area (Å²) in [5.41, 5.74) is 2.13. The molecule has 1 aliphatic rings. The molecular weight excluding hydrogens is 576 g/mol. The summed E-state index contributed by atoms with van der Waals surface area (Å²) in [5.74, 6) is -1.86. The maximum absolute atomic E-state index is 14.5. The van der Waals surface area contributed by atoms with Crippen LogP contribution in [0.3, 0.4) is 0 Å². The fourth-order valence-corrected chi connectivity index (χ4v) is 7.23. The summed E-state index contributed by atoms with van der Waals surface area (Å²) in [6.45, 7) is 1.12. The first-order chi connectivity index (χ1) is 14.8. The van der Waals surface area contributed by atoms with Crippen LogP contribution in [0.2, 0.25) is 0 Å². The topological polar surface area (TPSA) is 53.5 Å². The van der Waals surface area contributed by atoms with Crippen molar-refractivity contribution in [3.8, 4) is 0 Å². The van der Waals surface area contributed by atoms with E-state index in [1.54, 1.807) is 0 Å². The molecule has 0 atom stereocenters. The number of piperazine rings is 1. The minimum atomic E-state index is -4.21. The standard InChI is InChI=1S/C20H17Br2F2N3O2S2/c21-15-11-16(23)17(22)19(18(15)24)31(28,29)27-8-6-26(7-9-27)20-25-14(12-30-20)10-13-4-2-1-3-5-13/h1-5,11-12H,6-10H2. The first-order valence-corrected chi connectivity index (χ1v) is 13.2. The average Bonchev–Trinajstić information content (AvgIpc) is 3.21. The highest BCUT2D eigenvalue weighted by Gasteiger charge is 2.35. The van der Waals surface area contributed by atoms with Crippen LogP contribution in [0.5, 0.6) is 0 Å². The fraction of sp³-hybridized carbons (Fsp3) is 0.250. The average molecular weight is 593 g/mol. The van der Waals surface area contributed by atoms with Crippen molar-refractivity contribution in [1.29, 1.82) is 0 Å². The van der Waals surface area contributed by atoms with Gasteiger partial charge in [-0.1, -0.05) is 30.3 Å². The number of rotatable bonds is 5. The molecule has 1 saturated heterocycles. The van der Waals surface area contributed by atoms with E-state index in [0.29, 0.717) is 13.1 Å². The second kappa shape index (κ2) is 9.22. The van der Waals surface area contributed by atoms with Crippen molar-refractivity contribution >= 4 is 58.4 Å². The highest BCUT2D eigenvalue weighted by Crippen LogP contribution is 2.35. The molecule has 0 unspecified atom stereocenters. The zero-order chi connectivity index (χ0) is 22.2. The van der Waals surface area contributed by atoms with E-state index >= 15 is 0 Å². The molecule has 11 heteroatoms. The zero-order valence-corrected chi connectivity index (χ0v) is 20.9. The van der Waals surface area contributed by atoms with E-state index < -0.39 is 31.0 Å². The Kier molecular flexibility index (Phi) is 6.78. The third-order valence-electron chi connectivity index (χ3n) is 4.95. The van der Waals surface area contributed by atoms with Gasteiger partial charge in [-0.2, -0.15) is 4.31 Å². The summed E-state index contributed by atoms with van der Waals surface area (Å²) in [6, 6.07) is 10.9. The van der Waals surface area contributed by atoms with Gasteiger partial charge in [0, 0.05) is 38.0 Å². The molecule has 0 bridgehead atoms. The van der Waals surface area contributed by atoms with Crippen LogP contribution in [0.25, 0.3) is 0 Å². The summed E-state index contributed by atoms with van der Waals surface area (Å²) in [6.07, 6.45) is 0.730. The third-order valence-corrected chi connectivity index (χ3v) is 9.46. The molecular formula is C20H17Br2F2N3O2S2. The van der Waals surface area contributed by atoms with Gasteiger partial charge in [0.05, 0.1) is 14.6 Å². The summed E-state index contributed by atoms with van der Waals surface area (Å²) in [4.78, 5) is 6.00. The van der Waals surface area contributed by atoms with Gasteiger partial charge in [0.15, 0.2) is 10.9 Å². The quantitative estimate of drug-likeness (QED) is 0.389. The van der Waals surface area contributed by atoms with Gasteiger partial charge in [0.2, 0.25) is 10.0 Å². The Hall–Kier alpha value is -1.40. The highest BCUT2D eigenvalue weighted by atomic mass is 79.9. The van der Waals surface area contributed by atoms with E-state index in [4.69, 9.17) is 0 Å². The van der Waals surface area contributed by atoms with Crippen molar-refractivity contribution in [3.05, 3.63) is 73.6 Å². The van der Waals surface area contributed by atoms with E-state index in [0.717, 1.165) is 23.3 Å². The number of hydrogen-bond acceptors (Lipinski definition) is 5. The molecule has 3 aromatic rings. The molecule has 2 aromatic carbocycles. The normalized spacial score (nSPS) is 15.4. The molecule has 0 N–H and O–H groups in total. The van der Waals surface area contributed by atoms with Gasteiger partial charge in [-0.25, -0.2) is 22.2 Å². The van der Waals surface area contributed by atoms with Crippen LogP contribution in [-0.4, -0.2) is 43.9 Å². The second-order valence-electron chi connectivity index (χ2n) is 6.97. The van der Waals surface area contributed by atoms with Crippen LogP contribution in [0.1, 0.15) is 11.3 Å². The number of aromatic nitrogens is 1. The van der Waals surface area contributed by atoms with Gasteiger partial charge in [-0.3, -0.25) is 0 Å². The predicted molar refractivity (Wildman–Crippen MR) is 124 cm³/mol. The molecule has 0 spiro atoms. The van der Waals surface area contributed by atoms with Crippen LogP contribution in [0.15, 0.2) is 55.6 Å². The number of thiazole rings is 1. The molecule has 31 heavy (non-hydrogen) atoms. The van der Waals surface area contributed by atoms with E-state index in [1.807, 2.05) is 40.6 Å². The first-order valence-electron chi connectivity index (χ1n) is 9.34. The van der Waals surface area contributed by atoms with Crippen molar-refractivity contribution in [2.45, 2.75) is 11.3 Å². The van der Waals surface area contributed by atoms with E-state index in [9.17, 15) is 17.2 Å². The van der Waals surface area contributed by atoms with Crippen LogP contribution >= 0.6 is 43.2 Å². The molecule has 0 amide bonds. The number of nitrogens with zero attached hydrogens (tertiary/aromatic N) is 3. The smallest absolute Gasteiger partial charge is 0.247 e. The minimum Gasteiger partial charge on any atom is -0.345 e. The monoisotopic (exact) mass is 591 g/mol. The van der Waals surface area contributed by atoms with Crippen LogP contribution in [0.4, 0.5) is 13.9 Å². The summed E-state index contributed by atoms with van der Waals surface area (Å²) in [7, 11) is -4.21. The van der Waals surface area contributed by atoms with Crippen LogP contribution in [-0.2, 0) is 16.4 Å². The SMILES string of the molecule is O=S(=O)(c1c(F)c(Br)cc(F)c1Br)N1CCN(c2nc(Cc3ccccc3)cs2)CC1. The second-order valence-corrected chi connectivity index (χ2v) is 11.3. The third kappa shape index (κ3) is 4.70. The lowest BCUT2D eigenvalue weighted by atomic mass is 10.1. The number of hydrogen-bond donors (Lipinski definition) is 0. The van der Waals surface area contributed by atoms with Crippen LogP contribution < -0.4 is 4.90 Å². The number of sulfonamides is 1. The number of benzene rings is 2. The Balaban J connectivity index is 1.47. The summed E-state index contributed by atoms with van der Waals surface area (Å²) >= 11 is 7.28. The maximum atomic E-state index is 14.5. The Morgan fingerprint density at radius 3 is 2.42 bits per heavy atom. The Morgan fingerprint density at radius 1 is 1.06 bits per heavy atom. The first kappa shape index (κ1) is 22.8. The van der Waals surface area contributed by atoms with E-state index in [-0.39, 0.29) is 17.6 Å². The van der Waals surface area contributed by atoms with Gasteiger partial charge in [-0.05, 0) is 43.5 Å². The molecule has 0 aliphatic carbocycles. The minimum absolute atomic E-state index is 0.149. The van der Waals surface area contributed by atoms with Crippen LogP contribution in [0, 0.1) is 11.6 Å². The lowest BCUT2D eigenvalue weighted by Crippen LogP contribution is -2.49. The molecule has 1 aliphatic heterocycles. The van der Waals surface area contributed by atoms with Gasteiger partial charge in [-0.15, -0.1) is 11.3 Å². The molecule has 5 nitrogen and oxygen atoms in total. The van der Waals surface area contributed by atoms with Gasteiger partial charge in [0.25, 0.3) is 0 Å². The Morgan fingerprint density at radius 2 is 1.74 bits per heavy atom. The molecule has 4 rings (SSSR count). The number of halogens is 4. The molecule has 0 saturated carbocycles. The van der Waals surface area contributed by atoms with E-state index in [2.05, 4.69) is 36.8 Å². The molecule has 164 valence electrons. The van der Waals surface area contributed by atoms with Crippen molar-refractivity contribution in [2.75, 3.05) is 31.1 Å². The van der Waals surface area contributed by atoms with Gasteiger partial charge >= 0.3 is 0 Å². The van der Waals surface area contributed by atoms with Crippen molar-refractivity contribution in [3.63, 3.8) is 0 Å². The lowest BCUT2D eigenvalue weighted by Gasteiger charge is -2.34. The lowest BCUT2D eigenvalue weighted by molar-refractivity contribution is 0.381. The predicted octanol–water partition coefficient (Wildman–Crippen LogP) is 5.05. The Bertz CT molecular complexity index is 1170. The fourth-order valence-electron chi connectivity index (χ4n) is 3.35. The maximum Gasteiger partial charge on any atom is 0.247 e. The summed E-state index contributed by atoms with van der Waals surface area (Å²) in [5, 5.41) is 2.83. The van der Waals surface area contributed by atoms with Crippen molar-refractivity contribution in [1.82, 2.24) is 9.29 Å². The van der Waals surface area contributed by atoms with Crippen molar-refractivity contribution in [2.24, 2.45) is 0 Å². The zero-order valence-electron chi connectivity index (χ0n) is 16.1. The molecule has 1 aromatic heterocycles. The van der Waals surface area contributed by atoms with Crippen molar-refractivity contribution < 1.29 is 17.2 Å². The highest BCUT2D eigenvalue weighted by molar-refractivity contribution is 9.11. The van der Waals surface area contributed by atoms with E-state index in [1.165, 1.54) is 21.2 Å². The molecule has 0 radical (unpaired) electrons.